The van der Waals surface area contributed by atoms with Gasteiger partial charge in [0.05, 0.1) is 14.2 Å². The van der Waals surface area contributed by atoms with Gasteiger partial charge in [0.1, 0.15) is 11.5 Å². The number of nitrogens with zero attached hydrogens (tertiary/aromatic N) is 3. The molecule has 4 aromatic rings. The van der Waals surface area contributed by atoms with Crippen molar-refractivity contribution in [3.63, 3.8) is 0 Å². The van der Waals surface area contributed by atoms with Crippen LogP contribution >= 0.6 is 0 Å². The molecule has 0 spiro atoms. The molecule has 1 amide bonds. The Labute approximate surface area is 268 Å². The van der Waals surface area contributed by atoms with E-state index in [2.05, 4.69) is 101 Å². The summed E-state index contributed by atoms with van der Waals surface area (Å²) in [5.41, 5.74) is 5.86. The number of hydrogen-bond donors (Lipinski definition) is 0. The van der Waals surface area contributed by atoms with Crippen LogP contribution < -0.4 is 9.47 Å². The highest BCUT2D eigenvalue weighted by atomic mass is 16.5. The molecule has 2 aliphatic rings. The number of rotatable bonds is 10. The molecule has 0 N–H and O–H groups in total. The highest BCUT2D eigenvalue weighted by Crippen LogP contribution is 2.42. The summed E-state index contributed by atoms with van der Waals surface area (Å²) >= 11 is 0. The fourth-order valence-electron chi connectivity index (χ4n) is 7.04. The van der Waals surface area contributed by atoms with Crippen LogP contribution in [0.15, 0.2) is 103 Å². The van der Waals surface area contributed by atoms with Gasteiger partial charge in [0.25, 0.3) is 5.91 Å². The largest absolute Gasteiger partial charge is 0.497 e. The van der Waals surface area contributed by atoms with Gasteiger partial charge in [-0.25, -0.2) is 0 Å². The van der Waals surface area contributed by atoms with Crippen molar-refractivity contribution in [1.29, 1.82) is 0 Å². The number of likely N-dealkylation sites (tertiary alicyclic amines) is 1. The second-order valence-corrected chi connectivity index (χ2v) is 12.4. The Hall–Kier alpha value is -4.13. The van der Waals surface area contributed by atoms with Crippen molar-refractivity contribution in [1.82, 2.24) is 14.7 Å². The van der Waals surface area contributed by atoms with Gasteiger partial charge in [-0.05, 0) is 84.5 Å². The molecule has 6 nitrogen and oxygen atoms in total. The Balaban J connectivity index is 1.09. The maximum atomic E-state index is 13.4. The smallest absolute Gasteiger partial charge is 0.253 e. The van der Waals surface area contributed by atoms with E-state index in [1.165, 1.54) is 22.3 Å². The van der Waals surface area contributed by atoms with E-state index < -0.39 is 0 Å². The number of piperidine rings is 1. The quantitative estimate of drug-likeness (QED) is 0.213. The van der Waals surface area contributed by atoms with E-state index in [4.69, 9.17) is 9.47 Å². The van der Waals surface area contributed by atoms with Crippen LogP contribution in [0.3, 0.4) is 0 Å². The lowest BCUT2D eigenvalue weighted by molar-refractivity contribution is 0.0638. The highest BCUT2D eigenvalue weighted by Gasteiger charge is 2.39. The minimum Gasteiger partial charge on any atom is -0.497 e. The number of carbonyl (C=O) groups is 1. The minimum atomic E-state index is -0.129. The fourth-order valence-corrected chi connectivity index (χ4v) is 7.04. The van der Waals surface area contributed by atoms with Gasteiger partial charge >= 0.3 is 0 Å². The Morgan fingerprint density at radius 1 is 0.667 bits per heavy atom. The molecule has 6 heteroatoms. The monoisotopic (exact) mass is 603 g/mol. The zero-order chi connectivity index (χ0) is 31.1. The first-order chi connectivity index (χ1) is 22.1. The van der Waals surface area contributed by atoms with Crippen LogP contribution in [0.25, 0.3) is 0 Å². The molecule has 0 bridgehead atoms. The van der Waals surface area contributed by atoms with Gasteiger partial charge in [-0.2, -0.15) is 0 Å². The van der Waals surface area contributed by atoms with E-state index in [9.17, 15) is 4.79 Å². The van der Waals surface area contributed by atoms with Crippen LogP contribution in [0, 0.1) is 0 Å². The second kappa shape index (κ2) is 14.3. The van der Waals surface area contributed by atoms with E-state index >= 15 is 0 Å². The molecule has 0 atom stereocenters. The molecule has 234 valence electrons. The molecule has 0 aliphatic carbocycles. The number of amides is 1. The fraction of sp³-hybridized carbons (Fsp3) is 0.359. The molecule has 45 heavy (non-hydrogen) atoms. The minimum absolute atomic E-state index is 0.129. The first-order valence-electron chi connectivity index (χ1n) is 16.2. The lowest BCUT2D eigenvalue weighted by Gasteiger charge is -2.44. The van der Waals surface area contributed by atoms with Gasteiger partial charge < -0.3 is 14.4 Å². The number of carbonyl (C=O) groups excluding carboxylic acids is 1. The maximum Gasteiger partial charge on any atom is 0.253 e. The number of piperazine rings is 1. The number of hydrogen-bond acceptors (Lipinski definition) is 5. The van der Waals surface area contributed by atoms with E-state index in [-0.39, 0.29) is 11.3 Å². The molecule has 0 saturated carbocycles. The Morgan fingerprint density at radius 2 is 1.27 bits per heavy atom. The Bertz CT molecular complexity index is 1470. The molecule has 4 aromatic carbocycles. The zero-order valence-electron chi connectivity index (χ0n) is 26.7. The third kappa shape index (κ3) is 7.24. The van der Waals surface area contributed by atoms with Crippen molar-refractivity contribution in [2.75, 3.05) is 60.0 Å². The van der Waals surface area contributed by atoms with E-state index in [0.29, 0.717) is 0 Å². The molecule has 6 rings (SSSR count). The molecule has 2 heterocycles. The third-order valence-electron chi connectivity index (χ3n) is 9.68. The van der Waals surface area contributed by atoms with Crippen LogP contribution in [0.5, 0.6) is 11.5 Å². The number of benzene rings is 4. The predicted octanol–water partition coefficient (Wildman–Crippen LogP) is 6.29. The topological polar surface area (TPSA) is 45.3 Å². The van der Waals surface area contributed by atoms with Gasteiger partial charge in [-0.3, -0.25) is 14.6 Å². The van der Waals surface area contributed by atoms with Crippen molar-refractivity contribution < 1.29 is 14.3 Å². The first-order valence-corrected chi connectivity index (χ1v) is 16.2. The van der Waals surface area contributed by atoms with E-state index in [1.807, 2.05) is 17.0 Å². The normalized spacial score (nSPS) is 17.2. The Kier molecular flexibility index (Phi) is 9.82. The SMILES string of the molecule is COc1ccc(C2(c3ccc(OC)cc3)CCCN(Cc3ccc(C(=O)N4CCN(CCc5ccccc5)CC4)cc3)C2)cc1. The van der Waals surface area contributed by atoms with Crippen molar-refractivity contribution >= 4 is 5.91 Å². The zero-order valence-corrected chi connectivity index (χ0v) is 26.7. The summed E-state index contributed by atoms with van der Waals surface area (Å²) in [5.74, 6) is 1.88. The summed E-state index contributed by atoms with van der Waals surface area (Å²) in [7, 11) is 3.42. The third-order valence-corrected chi connectivity index (χ3v) is 9.68. The lowest BCUT2D eigenvalue weighted by atomic mass is 9.69. The van der Waals surface area contributed by atoms with Crippen LogP contribution in [0.2, 0.25) is 0 Å². The van der Waals surface area contributed by atoms with Gasteiger partial charge in [-0.1, -0.05) is 66.7 Å². The molecular weight excluding hydrogens is 558 g/mol. The average Bonchev–Trinajstić information content (AvgIpc) is 3.11. The molecule has 2 saturated heterocycles. The lowest BCUT2D eigenvalue weighted by Crippen LogP contribution is -2.49. The summed E-state index contributed by atoms with van der Waals surface area (Å²) < 4.78 is 10.9. The van der Waals surface area contributed by atoms with Crippen molar-refractivity contribution in [2.45, 2.75) is 31.2 Å². The molecule has 0 aromatic heterocycles. The first kappa shape index (κ1) is 30.9. The summed E-state index contributed by atoms with van der Waals surface area (Å²) in [6.07, 6.45) is 3.23. The molecule has 0 unspecified atom stereocenters. The molecule has 2 aliphatic heterocycles. The molecule has 2 fully saturated rings. The van der Waals surface area contributed by atoms with Gasteiger partial charge in [0.15, 0.2) is 0 Å². The summed E-state index contributed by atoms with van der Waals surface area (Å²) in [6.45, 7) is 7.26. The summed E-state index contributed by atoms with van der Waals surface area (Å²) in [6, 6.07) is 36.1. The predicted molar refractivity (Wildman–Crippen MR) is 180 cm³/mol. The molecule has 0 radical (unpaired) electrons. The van der Waals surface area contributed by atoms with Crippen molar-refractivity contribution in [3.05, 3.63) is 131 Å². The number of methoxy groups -OCH3 is 2. The van der Waals surface area contributed by atoms with E-state index in [1.54, 1.807) is 14.2 Å². The van der Waals surface area contributed by atoms with Crippen molar-refractivity contribution in [3.8, 4) is 11.5 Å². The van der Waals surface area contributed by atoms with Crippen LogP contribution in [-0.2, 0) is 18.4 Å². The maximum absolute atomic E-state index is 13.4. The highest BCUT2D eigenvalue weighted by molar-refractivity contribution is 5.94. The van der Waals surface area contributed by atoms with Crippen molar-refractivity contribution in [2.24, 2.45) is 0 Å². The van der Waals surface area contributed by atoms with Crippen LogP contribution in [-0.4, -0.2) is 80.6 Å². The summed E-state index contributed by atoms with van der Waals surface area (Å²) in [5, 5.41) is 0. The van der Waals surface area contributed by atoms with Crippen LogP contribution in [0.4, 0.5) is 0 Å². The van der Waals surface area contributed by atoms with Gasteiger partial charge in [-0.15, -0.1) is 0 Å². The van der Waals surface area contributed by atoms with E-state index in [0.717, 1.165) is 88.7 Å². The second-order valence-electron chi connectivity index (χ2n) is 12.4. The van der Waals surface area contributed by atoms with Gasteiger partial charge in [0.2, 0.25) is 0 Å². The van der Waals surface area contributed by atoms with Gasteiger partial charge in [0, 0.05) is 56.8 Å². The number of ether oxygens (including phenoxy) is 2. The summed E-state index contributed by atoms with van der Waals surface area (Å²) in [4.78, 5) is 20.4. The Morgan fingerprint density at radius 3 is 1.84 bits per heavy atom. The van der Waals surface area contributed by atoms with Crippen LogP contribution in [0.1, 0.15) is 45.5 Å². The average molecular weight is 604 g/mol. The molecular formula is C39H45N3O3. The standard InChI is InChI=1S/C39H45N3O3/c1-44-36-17-13-34(14-18-36)39(35-15-19-37(45-2)20-16-35)22-6-23-41(30-39)29-32-9-11-33(12-10-32)38(43)42-27-25-40(26-28-42)24-21-31-7-4-3-5-8-31/h3-5,7-20H,6,21-30H2,1-2H3.